The van der Waals surface area contributed by atoms with Gasteiger partial charge in [0.05, 0.1) is 0 Å². The average molecular weight is 223 g/mol. The maximum Gasteiger partial charge on any atom is 0.188 e. The van der Waals surface area contributed by atoms with Crippen molar-refractivity contribution in [3.8, 4) is 0 Å². The summed E-state index contributed by atoms with van der Waals surface area (Å²) < 4.78 is 0. The number of rotatable bonds is 5. The summed E-state index contributed by atoms with van der Waals surface area (Å²) in [6.45, 7) is 1.94. The molecule has 0 spiro atoms. The van der Waals surface area contributed by atoms with Crippen molar-refractivity contribution in [2.45, 2.75) is 51.4 Å². The van der Waals surface area contributed by atoms with Gasteiger partial charge in [-0.05, 0) is 31.1 Å². The number of nitrogens with two attached hydrogens (primary N) is 1. The first-order valence-corrected chi connectivity index (χ1v) is 6.88. The highest BCUT2D eigenvalue weighted by atomic mass is 15.1. The van der Waals surface area contributed by atoms with Crippen LogP contribution >= 0.6 is 0 Å². The molecule has 0 atom stereocenters. The Morgan fingerprint density at radius 2 is 1.75 bits per heavy atom. The van der Waals surface area contributed by atoms with Crippen molar-refractivity contribution in [2.24, 2.45) is 22.6 Å². The first-order chi connectivity index (χ1) is 7.84. The van der Waals surface area contributed by atoms with E-state index in [0.717, 1.165) is 24.9 Å². The zero-order valence-corrected chi connectivity index (χ0v) is 10.3. The molecule has 2 rings (SSSR count). The van der Waals surface area contributed by atoms with Crippen molar-refractivity contribution < 1.29 is 0 Å². The molecule has 0 heterocycles. The summed E-state index contributed by atoms with van der Waals surface area (Å²) in [6.07, 6.45) is 11.0. The Morgan fingerprint density at radius 3 is 2.38 bits per heavy atom. The lowest BCUT2D eigenvalue weighted by molar-refractivity contribution is 0.326. The molecule has 0 radical (unpaired) electrons. The second-order valence-corrected chi connectivity index (χ2v) is 5.39. The van der Waals surface area contributed by atoms with Crippen LogP contribution in [0.4, 0.5) is 0 Å². The van der Waals surface area contributed by atoms with E-state index in [4.69, 9.17) is 5.73 Å². The summed E-state index contributed by atoms with van der Waals surface area (Å²) in [4.78, 5) is 4.39. The van der Waals surface area contributed by atoms with Gasteiger partial charge in [0, 0.05) is 13.1 Å². The zero-order chi connectivity index (χ0) is 11.2. The Balaban J connectivity index is 1.53. The van der Waals surface area contributed by atoms with E-state index in [2.05, 4.69) is 10.3 Å². The first-order valence-electron chi connectivity index (χ1n) is 6.88. The lowest BCUT2D eigenvalue weighted by atomic mass is 9.86. The number of hydrogen-bond acceptors (Lipinski definition) is 1. The third-order valence-corrected chi connectivity index (χ3v) is 4.08. The zero-order valence-electron chi connectivity index (χ0n) is 10.3. The van der Waals surface area contributed by atoms with Crippen molar-refractivity contribution in [1.29, 1.82) is 0 Å². The molecule has 3 nitrogen and oxygen atoms in total. The fraction of sp³-hybridized carbons (Fsp3) is 0.923. The Hall–Kier alpha value is -0.730. The molecule has 3 N–H and O–H groups in total. The fourth-order valence-corrected chi connectivity index (χ4v) is 2.66. The van der Waals surface area contributed by atoms with Crippen LogP contribution in [0, 0.1) is 11.8 Å². The highest BCUT2D eigenvalue weighted by molar-refractivity contribution is 5.77. The molecule has 0 bridgehead atoms. The predicted molar refractivity (Wildman–Crippen MR) is 68.4 cm³/mol. The summed E-state index contributed by atoms with van der Waals surface area (Å²) in [5.74, 6) is 2.41. The number of guanidine groups is 1. The molecule has 2 fully saturated rings. The molecule has 0 aromatic heterocycles. The monoisotopic (exact) mass is 223 g/mol. The van der Waals surface area contributed by atoms with Crippen LogP contribution in [-0.4, -0.2) is 19.0 Å². The lowest BCUT2D eigenvalue weighted by Crippen LogP contribution is -2.34. The maximum atomic E-state index is 5.82. The van der Waals surface area contributed by atoms with Gasteiger partial charge in [0.25, 0.3) is 0 Å². The van der Waals surface area contributed by atoms with E-state index in [1.807, 2.05) is 0 Å². The quantitative estimate of drug-likeness (QED) is 0.555. The fourth-order valence-electron chi connectivity index (χ4n) is 2.66. The molecule has 3 heteroatoms. The van der Waals surface area contributed by atoms with E-state index in [0.29, 0.717) is 5.96 Å². The van der Waals surface area contributed by atoms with Gasteiger partial charge in [-0.25, -0.2) is 0 Å². The molecule has 2 aliphatic rings. The third-order valence-electron chi connectivity index (χ3n) is 4.08. The summed E-state index contributed by atoms with van der Waals surface area (Å²) in [6, 6.07) is 0. The minimum Gasteiger partial charge on any atom is -0.370 e. The summed E-state index contributed by atoms with van der Waals surface area (Å²) >= 11 is 0. The smallest absolute Gasteiger partial charge is 0.188 e. The molecule has 92 valence electrons. The van der Waals surface area contributed by atoms with Crippen LogP contribution in [0.1, 0.15) is 51.4 Å². The molecular weight excluding hydrogens is 198 g/mol. The van der Waals surface area contributed by atoms with Gasteiger partial charge in [0.15, 0.2) is 5.96 Å². The Morgan fingerprint density at radius 1 is 1.06 bits per heavy atom. The van der Waals surface area contributed by atoms with Crippen LogP contribution in [0.2, 0.25) is 0 Å². The van der Waals surface area contributed by atoms with Gasteiger partial charge in [-0.3, -0.25) is 4.99 Å². The van der Waals surface area contributed by atoms with Crippen LogP contribution in [0.15, 0.2) is 4.99 Å². The molecular formula is C13H25N3. The number of hydrogen-bond donors (Lipinski definition) is 2. The molecule has 0 unspecified atom stereocenters. The van der Waals surface area contributed by atoms with Crippen molar-refractivity contribution >= 4 is 5.96 Å². The third kappa shape index (κ3) is 3.69. The number of nitrogens with one attached hydrogen (secondary N) is 1. The molecule has 0 saturated heterocycles. The second kappa shape index (κ2) is 6.12. The van der Waals surface area contributed by atoms with Gasteiger partial charge >= 0.3 is 0 Å². The standard InChI is InChI=1S/C13H25N3/c14-13(16-10-12-6-3-7-12)15-9-8-11-4-1-2-5-11/h11-12H,1-10H2,(H3,14,15,16). The van der Waals surface area contributed by atoms with E-state index < -0.39 is 0 Å². The molecule has 0 aliphatic heterocycles. The Labute approximate surface area is 98.9 Å². The van der Waals surface area contributed by atoms with Crippen molar-refractivity contribution in [1.82, 2.24) is 5.32 Å². The number of aliphatic imine (C=N–C) groups is 1. The van der Waals surface area contributed by atoms with Crippen LogP contribution in [0.25, 0.3) is 0 Å². The van der Waals surface area contributed by atoms with Crippen LogP contribution in [0.5, 0.6) is 0 Å². The molecule has 0 aromatic carbocycles. The van der Waals surface area contributed by atoms with Crippen molar-refractivity contribution in [3.05, 3.63) is 0 Å². The van der Waals surface area contributed by atoms with Gasteiger partial charge in [-0.1, -0.05) is 32.1 Å². The Kier molecular flexibility index (Phi) is 4.49. The van der Waals surface area contributed by atoms with E-state index in [1.54, 1.807) is 0 Å². The van der Waals surface area contributed by atoms with Gasteiger partial charge in [-0.2, -0.15) is 0 Å². The normalized spacial score (nSPS) is 23.4. The number of nitrogens with zero attached hydrogens (tertiary/aromatic N) is 1. The van der Waals surface area contributed by atoms with E-state index in [1.165, 1.54) is 51.4 Å². The SMILES string of the molecule is NC(=NCC1CCC1)NCCC1CCCC1. The topological polar surface area (TPSA) is 50.4 Å². The second-order valence-electron chi connectivity index (χ2n) is 5.39. The van der Waals surface area contributed by atoms with Crippen molar-refractivity contribution in [2.75, 3.05) is 13.1 Å². The molecule has 0 aromatic rings. The Bertz CT molecular complexity index is 227. The minimum atomic E-state index is 0.657. The summed E-state index contributed by atoms with van der Waals surface area (Å²) in [5, 5.41) is 3.24. The van der Waals surface area contributed by atoms with E-state index in [-0.39, 0.29) is 0 Å². The lowest BCUT2D eigenvalue weighted by Gasteiger charge is -2.23. The van der Waals surface area contributed by atoms with Gasteiger partial charge in [-0.15, -0.1) is 0 Å². The van der Waals surface area contributed by atoms with Crippen LogP contribution in [0.3, 0.4) is 0 Å². The van der Waals surface area contributed by atoms with E-state index >= 15 is 0 Å². The molecule has 2 aliphatic carbocycles. The van der Waals surface area contributed by atoms with Crippen LogP contribution in [-0.2, 0) is 0 Å². The molecule has 0 amide bonds. The van der Waals surface area contributed by atoms with Gasteiger partial charge in [0.1, 0.15) is 0 Å². The predicted octanol–water partition coefficient (Wildman–Crippen LogP) is 2.27. The minimum absolute atomic E-state index is 0.657. The summed E-state index contributed by atoms with van der Waals surface area (Å²) in [5.41, 5.74) is 5.82. The largest absolute Gasteiger partial charge is 0.370 e. The summed E-state index contributed by atoms with van der Waals surface area (Å²) in [7, 11) is 0. The maximum absolute atomic E-state index is 5.82. The first kappa shape index (κ1) is 11.7. The average Bonchev–Trinajstić information content (AvgIpc) is 2.68. The molecule has 2 saturated carbocycles. The highest BCUT2D eigenvalue weighted by Gasteiger charge is 2.16. The van der Waals surface area contributed by atoms with E-state index in [9.17, 15) is 0 Å². The van der Waals surface area contributed by atoms with Crippen LogP contribution < -0.4 is 11.1 Å². The van der Waals surface area contributed by atoms with Crippen molar-refractivity contribution in [3.63, 3.8) is 0 Å². The van der Waals surface area contributed by atoms with Gasteiger partial charge < -0.3 is 11.1 Å². The molecule has 16 heavy (non-hydrogen) atoms. The highest BCUT2D eigenvalue weighted by Crippen LogP contribution is 2.27. The van der Waals surface area contributed by atoms with Gasteiger partial charge in [0.2, 0.25) is 0 Å².